The number of benzene rings is 9. The minimum atomic E-state index is 1.11. The van der Waals surface area contributed by atoms with Crippen LogP contribution in [0.2, 0.25) is 0 Å². The Labute approximate surface area is 327 Å². The summed E-state index contributed by atoms with van der Waals surface area (Å²) in [7, 11) is 0. The van der Waals surface area contributed by atoms with E-state index in [4.69, 9.17) is 0 Å². The molecule has 0 N–H and O–H groups in total. The van der Waals surface area contributed by atoms with Crippen LogP contribution in [0.15, 0.2) is 200 Å². The van der Waals surface area contributed by atoms with Crippen LogP contribution in [0.4, 0.5) is 17.1 Å². The second kappa shape index (κ2) is 13.1. The monoisotopic (exact) mass is 735 g/mol. The fourth-order valence-electron chi connectivity index (χ4n) is 8.15. The highest BCUT2D eigenvalue weighted by Gasteiger charge is 2.16. The van der Waals surface area contributed by atoms with Gasteiger partial charge < -0.3 is 4.90 Å². The van der Waals surface area contributed by atoms with E-state index in [1.54, 1.807) is 0 Å². The fourth-order valence-corrected chi connectivity index (χ4v) is 10.3. The summed E-state index contributed by atoms with van der Waals surface area (Å²) < 4.78 is 5.31. The summed E-state index contributed by atoms with van der Waals surface area (Å²) in [5, 5.41) is 7.79. The van der Waals surface area contributed by atoms with Crippen LogP contribution in [-0.4, -0.2) is 0 Å². The number of anilines is 3. The molecule has 0 amide bonds. The molecule has 0 unspecified atom stereocenters. The van der Waals surface area contributed by atoms with Gasteiger partial charge in [0.2, 0.25) is 0 Å². The fraction of sp³-hybridized carbons (Fsp3) is 0. The number of rotatable bonds is 6. The zero-order chi connectivity index (χ0) is 36.3. The zero-order valence-corrected chi connectivity index (χ0v) is 31.4. The molecule has 55 heavy (non-hydrogen) atoms. The van der Waals surface area contributed by atoms with E-state index < -0.39 is 0 Å². The summed E-state index contributed by atoms with van der Waals surface area (Å²) >= 11 is 3.72. The van der Waals surface area contributed by atoms with Crippen molar-refractivity contribution in [2.24, 2.45) is 0 Å². The molecule has 0 atom stereocenters. The number of nitrogens with zero attached hydrogens (tertiary/aromatic N) is 1. The maximum Gasteiger partial charge on any atom is 0.0467 e. The van der Waals surface area contributed by atoms with Crippen LogP contribution >= 0.6 is 22.7 Å². The lowest BCUT2D eigenvalue weighted by Crippen LogP contribution is -2.10. The Hall–Kier alpha value is -6.52. The van der Waals surface area contributed by atoms with E-state index in [0.29, 0.717) is 0 Å². The van der Waals surface area contributed by atoms with Crippen LogP contribution < -0.4 is 4.90 Å². The molecule has 9 aromatic carbocycles. The molecule has 11 rings (SSSR count). The van der Waals surface area contributed by atoms with Crippen molar-refractivity contribution < 1.29 is 0 Å². The molecule has 0 radical (unpaired) electrons. The van der Waals surface area contributed by atoms with E-state index >= 15 is 0 Å². The molecular weight excluding hydrogens is 703 g/mol. The molecule has 0 aliphatic carbocycles. The van der Waals surface area contributed by atoms with Crippen molar-refractivity contribution in [1.82, 2.24) is 0 Å². The summed E-state index contributed by atoms with van der Waals surface area (Å²) in [6.07, 6.45) is 0. The largest absolute Gasteiger partial charge is 0.310 e. The second-order valence-corrected chi connectivity index (χ2v) is 16.3. The third-order valence-corrected chi connectivity index (χ3v) is 13.2. The van der Waals surface area contributed by atoms with E-state index in [1.807, 2.05) is 22.7 Å². The smallest absolute Gasteiger partial charge is 0.0467 e. The molecule has 0 aliphatic rings. The van der Waals surface area contributed by atoms with Crippen molar-refractivity contribution in [2.75, 3.05) is 4.90 Å². The molecule has 1 nitrogen and oxygen atoms in total. The van der Waals surface area contributed by atoms with E-state index in [-0.39, 0.29) is 0 Å². The Kier molecular flexibility index (Phi) is 7.61. The second-order valence-electron chi connectivity index (χ2n) is 14.1. The summed E-state index contributed by atoms with van der Waals surface area (Å²) in [4.78, 5) is 2.38. The lowest BCUT2D eigenvalue weighted by molar-refractivity contribution is 1.28. The van der Waals surface area contributed by atoms with Gasteiger partial charge in [-0.15, -0.1) is 22.7 Å². The van der Waals surface area contributed by atoms with Gasteiger partial charge in [-0.1, -0.05) is 127 Å². The summed E-state index contributed by atoms with van der Waals surface area (Å²) in [6, 6.07) is 73.5. The quantitative estimate of drug-likeness (QED) is 0.164. The molecule has 2 heterocycles. The molecule has 0 aliphatic heterocycles. The molecule has 11 aromatic rings. The molecule has 0 saturated carbocycles. The van der Waals surface area contributed by atoms with Gasteiger partial charge in [-0.3, -0.25) is 0 Å². The highest BCUT2D eigenvalue weighted by Crippen LogP contribution is 2.42. The van der Waals surface area contributed by atoms with Crippen molar-refractivity contribution >= 4 is 90.9 Å². The molecule has 0 fully saturated rings. The normalized spacial score (nSPS) is 11.6. The maximum absolute atomic E-state index is 2.38. The SMILES string of the molecule is c1cc(-c2cccc3ccccc23)cc(N(c2ccc(-c3ccc4sc5ccccc5c4c3)cc2)c2ccc(-c3ccc4sc5ccccc5c4c3)cc2)c1. The van der Waals surface area contributed by atoms with Gasteiger partial charge in [0, 0.05) is 57.4 Å². The Balaban J connectivity index is 1.01. The maximum atomic E-state index is 2.38. The number of hydrogen-bond donors (Lipinski definition) is 0. The molecule has 2 aromatic heterocycles. The van der Waals surface area contributed by atoms with Gasteiger partial charge in [0.25, 0.3) is 0 Å². The van der Waals surface area contributed by atoms with Gasteiger partial charge in [-0.05, 0) is 117 Å². The average molecular weight is 736 g/mol. The predicted molar refractivity (Wildman–Crippen MR) is 241 cm³/mol. The summed E-state index contributed by atoms with van der Waals surface area (Å²) in [6.45, 7) is 0. The summed E-state index contributed by atoms with van der Waals surface area (Å²) in [5.74, 6) is 0. The first-order valence-electron chi connectivity index (χ1n) is 18.7. The average Bonchev–Trinajstić information content (AvgIpc) is 3.82. The molecular formula is C52H33NS2. The Morgan fingerprint density at radius 1 is 0.273 bits per heavy atom. The van der Waals surface area contributed by atoms with Crippen LogP contribution in [0.25, 0.3) is 84.5 Å². The van der Waals surface area contributed by atoms with Crippen LogP contribution in [-0.2, 0) is 0 Å². The van der Waals surface area contributed by atoms with Crippen molar-refractivity contribution in [3.05, 3.63) is 200 Å². The van der Waals surface area contributed by atoms with Gasteiger partial charge in [0.1, 0.15) is 0 Å². The predicted octanol–water partition coefficient (Wildman–Crippen LogP) is 16.0. The minimum absolute atomic E-state index is 1.11. The Bertz CT molecular complexity index is 3040. The van der Waals surface area contributed by atoms with Crippen molar-refractivity contribution in [3.8, 4) is 33.4 Å². The van der Waals surface area contributed by atoms with E-state index in [9.17, 15) is 0 Å². The third-order valence-electron chi connectivity index (χ3n) is 10.9. The minimum Gasteiger partial charge on any atom is -0.310 e. The number of fused-ring (bicyclic) bond motifs is 7. The first-order chi connectivity index (χ1) is 27.2. The Morgan fingerprint density at radius 3 is 1.35 bits per heavy atom. The molecule has 258 valence electrons. The van der Waals surface area contributed by atoms with Crippen molar-refractivity contribution in [2.45, 2.75) is 0 Å². The highest BCUT2D eigenvalue weighted by atomic mass is 32.1. The topological polar surface area (TPSA) is 3.24 Å². The highest BCUT2D eigenvalue weighted by molar-refractivity contribution is 7.26. The first-order valence-corrected chi connectivity index (χ1v) is 20.3. The standard InChI is InChI=1S/C52H33NS2/c1-2-13-43-36(9-1)10-8-16-44(43)39-11-7-12-42(31-39)53(40-25-19-34(20-26-40)37-23-29-51-47(32-37)45-14-3-5-17-49(45)54-51)41-27-21-35(22-28-41)38-24-30-52-48(33-38)46-15-4-6-18-50(46)55-52/h1-33H. The lowest BCUT2D eigenvalue weighted by Gasteiger charge is -2.26. The van der Waals surface area contributed by atoms with Gasteiger partial charge in [0.05, 0.1) is 0 Å². The van der Waals surface area contributed by atoms with E-state index in [1.165, 1.54) is 84.5 Å². The van der Waals surface area contributed by atoms with E-state index in [2.05, 4.69) is 205 Å². The first kappa shape index (κ1) is 32.0. The molecule has 0 spiro atoms. The molecule has 3 heteroatoms. The van der Waals surface area contributed by atoms with Gasteiger partial charge >= 0.3 is 0 Å². The van der Waals surface area contributed by atoms with Gasteiger partial charge in [-0.25, -0.2) is 0 Å². The summed E-state index contributed by atoms with van der Waals surface area (Å²) in [5.41, 5.74) is 10.6. The molecule has 0 saturated heterocycles. The zero-order valence-electron chi connectivity index (χ0n) is 29.8. The van der Waals surface area contributed by atoms with Crippen LogP contribution in [0.5, 0.6) is 0 Å². The number of thiophene rings is 2. The van der Waals surface area contributed by atoms with Crippen LogP contribution in [0, 0.1) is 0 Å². The molecule has 0 bridgehead atoms. The van der Waals surface area contributed by atoms with Gasteiger partial charge in [0.15, 0.2) is 0 Å². The van der Waals surface area contributed by atoms with Crippen LogP contribution in [0.1, 0.15) is 0 Å². The third kappa shape index (κ3) is 5.60. The van der Waals surface area contributed by atoms with E-state index in [0.717, 1.165) is 17.1 Å². The Morgan fingerprint density at radius 2 is 0.745 bits per heavy atom. The van der Waals surface area contributed by atoms with Crippen molar-refractivity contribution in [3.63, 3.8) is 0 Å². The van der Waals surface area contributed by atoms with Gasteiger partial charge in [-0.2, -0.15) is 0 Å². The van der Waals surface area contributed by atoms with Crippen molar-refractivity contribution in [1.29, 1.82) is 0 Å². The lowest BCUT2D eigenvalue weighted by atomic mass is 9.97. The van der Waals surface area contributed by atoms with Crippen LogP contribution in [0.3, 0.4) is 0 Å². The number of hydrogen-bond acceptors (Lipinski definition) is 3.